The van der Waals surface area contributed by atoms with Crippen LogP contribution >= 0.6 is 0 Å². The normalized spacial score (nSPS) is 34.2. The van der Waals surface area contributed by atoms with Gasteiger partial charge in [0.2, 0.25) is 5.91 Å². The van der Waals surface area contributed by atoms with E-state index >= 15 is 0 Å². The molecule has 0 aromatic heterocycles. The van der Waals surface area contributed by atoms with Crippen LogP contribution in [0.1, 0.15) is 39.5 Å². The summed E-state index contributed by atoms with van der Waals surface area (Å²) in [6, 6.07) is 0. The Bertz CT molecular complexity index is 353. The highest BCUT2D eigenvalue weighted by molar-refractivity contribution is 6.07. The van der Waals surface area contributed by atoms with E-state index in [-0.39, 0.29) is 11.7 Å². The van der Waals surface area contributed by atoms with Gasteiger partial charge in [0.15, 0.2) is 5.84 Å². The van der Waals surface area contributed by atoms with Crippen LogP contribution in [-0.4, -0.2) is 34.9 Å². The highest BCUT2D eigenvalue weighted by atomic mass is 16.4. The number of hydrogen-bond acceptors (Lipinski definition) is 3. The van der Waals surface area contributed by atoms with Gasteiger partial charge in [-0.15, -0.1) is 0 Å². The number of nitrogens with two attached hydrogens (primary N) is 1. The second kappa shape index (κ2) is 4.78. The van der Waals surface area contributed by atoms with E-state index in [4.69, 9.17) is 10.9 Å². The number of carbonyl (C=O) groups is 1. The van der Waals surface area contributed by atoms with Crippen molar-refractivity contribution in [1.29, 1.82) is 0 Å². The third kappa shape index (κ3) is 2.06. The average Bonchev–Trinajstić information content (AvgIpc) is 2.34. The van der Waals surface area contributed by atoms with Crippen molar-refractivity contribution in [2.45, 2.75) is 39.5 Å². The van der Waals surface area contributed by atoms with E-state index in [0.29, 0.717) is 24.7 Å². The summed E-state index contributed by atoms with van der Waals surface area (Å²) in [5.41, 5.74) is 5.04. The second-order valence-corrected chi connectivity index (χ2v) is 6.06. The van der Waals surface area contributed by atoms with Gasteiger partial charge in [-0.2, -0.15) is 0 Å². The van der Waals surface area contributed by atoms with Crippen LogP contribution in [0.5, 0.6) is 0 Å². The zero-order chi connectivity index (χ0) is 13.3. The lowest BCUT2D eigenvalue weighted by Gasteiger charge is -2.47. The highest BCUT2D eigenvalue weighted by Crippen LogP contribution is 2.47. The van der Waals surface area contributed by atoms with E-state index in [0.717, 1.165) is 25.9 Å². The number of likely N-dealkylation sites (tertiary alicyclic amines) is 1. The number of amidine groups is 1. The zero-order valence-corrected chi connectivity index (χ0v) is 11.2. The van der Waals surface area contributed by atoms with E-state index in [1.54, 1.807) is 0 Å². The van der Waals surface area contributed by atoms with E-state index in [2.05, 4.69) is 19.0 Å². The standard InChI is InChI=1S/C13H23N3O2/c1-9-3-5-16(6-4-9)12(17)13(11(14)15-18)7-10(2)8-13/h9-10,18H,3-8H2,1-2H3,(H2,14,15). The summed E-state index contributed by atoms with van der Waals surface area (Å²) in [7, 11) is 0. The molecule has 2 aliphatic rings. The molecule has 2 fully saturated rings. The Hall–Kier alpha value is -1.26. The van der Waals surface area contributed by atoms with Crippen LogP contribution in [0.4, 0.5) is 0 Å². The molecule has 1 aliphatic heterocycles. The molecule has 0 spiro atoms. The minimum absolute atomic E-state index is 0.0581. The van der Waals surface area contributed by atoms with Crippen molar-refractivity contribution in [2.24, 2.45) is 28.1 Å². The summed E-state index contributed by atoms with van der Waals surface area (Å²) in [4.78, 5) is 14.5. The first-order chi connectivity index (χ1) is 8.49. The Morgan fingerprint density at radius 2 is 1.83 bits per heavy atom. The molecule has 1 saturated carbocycles. The Kier molecular flexibility index (Phi) is 3.50. The summed E-state index contributed by atoms with van der Waals surface area (Å²) in [5.74, 6) is 1.30. The van der Waals surface area contributed by atoms with E-state index in [1.807, 2.05) is 4.90 Å². The van der Waals surface area contributed by atoms with Crippen molar-refractivity contribution in [3.05, 3.63) is 0 Å². The third-order valence-corrected chi connectivity index (χ3v) is 4.47. The van der Waals surface area contributed by atoms with Crippen LogP contribution in [0.25, 0.3) is 0 Å². The molecule has 5 nitrogen and oxygen atoms in total. The summed E-state index contributed by atoms with van der Waals surface area (Å²) < 4.78 is 0. The van der Waals surface area contributed by atoms with Crippen LogP contribution < -0.4 is 5.73 Å². The van der Waals surface area contributed by atoms with Crippen LogP contribution in [0.3, 0.4) is 0 Å². The van der Waals surface area contributed by atoms with Gasteiger partial charge >= 0.3 is 0 Å². The smallest absolute Gasteiger partial charge is 0.236 e. The van der Waals surface area contributed by atoms with Gasteiger partial charge in [0.25, 0.3) is 0 Å². The topological polar surface area (TPSA) is 78.9 Å². The van der Waals surface area contributed by atoms with Crippen molar-refractivity contribution in [3.8, 4) is 0 Å². The molecule has 0 aromatic rings. The average molecular weight is 253 g/mol. The number of oxime groups is 1. The molecule has 0 radical (unpaired) electrons. The molecular formula is C13H23N3O2. The van der Waals surface area contributed by atoms with Crippen LogP contribution in [0.2, 0.25) is 0 Å². The maximum absolute atomic E-state index is 12.6. The first-order valence-corrected chi connectivity index (χ1v) is 6.77. The summed E-state index contributed by atoms with van der Waals surface area (Å²) in [5, 5.41) is 12.0. The van der Waals surface area contributed by atoms with Crippen LogP contribution in [-0.2, 0) is 4.79 Å². The van der Waals surface area contributed by atoms with Crippen LogP contribution in [0, 0.1) is 17.3 Å². The maximum atomic E-state index is 12.6. The van der Waals surface area contributed by atoms with Gasteiger partial charge in [-0.1, -0.05) is 19.0 Å². The van der Waals surface area contributed by atoms with Gasteiger partial charge in [0.1, 0.15) is 5.41 Å². The number of carbonyl (C=O) groups excluding carboxylic acids is 1. The lowest BCUT2D eigenvalue weighted by Crippen LogP contribution is -2.58. The van der Waals surface area contributed by atoms with Gasteiger partial charge < -0.3 is 15.8 Å². The first kappa shape index (κ1) is 13.2. The SMILES string of the molecule is CC1CCN(C(=O)C2(C(N)=NO)CC(C)C2)CC1. The largest absolute Gasteiger partial charge is 0.409 e. The molecule has 1 saturated heterocycles. The summed E-state index contributed by atoms with van der Waals surface area (Å²) in [6.45, 7) is 5.91. The molecule has 1 aliphatic carbocycles. The molecule has 0 aromatic carbocycles. The molecule has 3 N–H and O–H groups in total. The number of nitrogens with zero attached hydrogens (tertiary/aromatic N) is 2. The summed E-state index contributed by atoms with van der Waals surface area (Å²) >= 11 is 0. The molecule has 2 rings (SSSR count). The molecule has 1 amide bonds. The molecular weight excluding hydrogens is 230 g/mol. The predicted molar refractivity (Wildman–Crippen MR) is 69.2 cm³/mol. The van der Waals surface area contributed by atoms with Crippen molar-refractivity contribution in [3.63, 3.8) is 0 Å². The monoisotopic (exact) mass is 253 g/mol. The minimum Gasteiger partial charge on any atom is -0.409 e. The molecule has 5 heteroatoms. The molecule has 0 atom stereocenters. The Balaban J connectivity index is 2.10. The van der Waals surface area contributed by atoms with Crippen molar-refractivity contribution >= 4 is 11.7 Å². The third-order valence-electron chi connectivity index (χ3n) is 4.47. The maximum Gasteiger partial charge on any atom is 0.236 e. The number of piperidine rings is 1. The Labute approximate surface area is 108 Å². The number of amides is 1. The second-order valence-electron chi connectivity index (χ2n) is 6.06. The zero-order valence-electron chi connectivity index (χ0n) is 11.2. The van der Waals surface area contributed by atoms with E-state index in [9.17, 15) is 4.79 Å². The fourth-order valence-electron chi connectivity index (χ4n) is 3.23. The van der Waals surface area contributed by atoms with Gasteiger partial charge in [0, 0.05) is 13.1 Å². The predicted octanol–water partition coefficient (Wildman–Crippen LogP) is 1.41. The van der Waals surface area contributed by atoms with Gasteiger partial charge in [0.05, 0.1) is 0 Å². The van der Waals surface area contributed by atoms with Crippen molar-refractivity contribution in [1.82, 2.24) is 4.90 Å². The molecule has 0 unspecified atom stereocenters. The van der Waals surface area contributed by atoms with Crippen LogP contribution in [0.15, 0.2) is 5.16 Å². The summed E-state index contributed by atoms with van der Waals surface area (Å²) in [6.07, 6.45) is 3.50. The van der Waals surface area contributed by atoms with Gasteiger partial charge in [-0.05, 0) is 37.5 Å². The Morgan fingerprint density at radius 3 is 2.28 bits per heavy atom. The van der Waals surface area contributed by atoms with Crippen molar-refractivity contribution in [2.75, 3.05) is 13.1 Å². The number of rotatable bonds is 2. The quantitative estimate of drug-likeness (QED) is 0.338. The van der Waals surface area contributed by atoms with E-state index < -0.39 is 5.41 Å². The lowest BCUT2D eigenvalue weighted by atomic mass is 9.61. The minimum atomic E-state index is -0.727. The fourth-order valence-corrected chi connectivity index (χ4v) is 3.23. The highest BCUT2D eigenvalue weighted by Gasteiger charge is 2.53. The van der Waals surface area contributed by atoms with Gasteiger partial charge in [-0.3, -0.25) is 4.79 Å². The number of hydrogen-bond donors (Lipinski definition) is 2. The van der Waals surface area contributed by atoms with E-state index in [1.165, 1.54) is 0 Å². The fraction of sp³-hybridized carbons (Fsp3) is 0.846. The Morgan fingerprint density at radius 1 is 1.28 bits per heavy atom. The first-order valence-electron chi connectivity index (χ1n) is 6.77. The molecule has 18 heavy (non-hydrogen) atoms. The molecule has 102 valence electrons. The molecule has 1 heterocycles. The van der Waals surface area contributed by atoms with Crippen molar-refractivity contribution < 1.29 is 10.0 Å². The van der Waals surface area contributed by atoms with Gasteiger partial charge in [-0.25, -0.2) is 0 Å². The molecule has 0 bridgehead atoms. The lowest BCUT2D eigenvalue weighted by molar-refractivity contribution is -0.145.